The fourth-order valence-corrected chi connectivity index (χ4v) is 2.43. The van der Waals surface area contributed by atoms with E-state index in [-0.39, 0.29) is 0 Å². The van der Waals surface area contributed by atoms with Crippen molar-refractivity contribution in [3.05, 3.63) is 36.2 Å². The van der Waals surface area contributed by atoms with Gasteiger partial charge in [-0.25, -0.2) is 10.8 Å². The predicted octanol–water partition coefficient (Wildman–Crippen LogP) is 3.15. The van der Waals surface area contributed by atoms with Crippen molar-refractivity contribution in [3.63, 3.8) is 0 Å². The van der Waals surface area contributed by atoms with Crippen LogP contribution < -0.4 is 16.0 Å². The van der Waals surface area contributed by atoms with E-state index >= 15 is 0 Å². The smallest absolute Gasteiger partial charge is 0.224 e. The third kappa shape index (κ3) is 2.86. The van der Waals surface area contributed by atoms with Crippen molar-refractivity contribution >= 4 is 17.6 Å². The molecule has 6 heteroatoms. The highest BCUT2D eigenvalue weighted by atomic mass is 32.2. The number of thioether (sulfide) groups is 1. The standard InChI is InChI=1S/C14H16N4OS/c1-20-11-5-3-2-4-10(11)19-13-8-12(18-15)16-14(17-13)9-6-7-9/h2-5,8-9H,6-7,15H2,1H3,(H,16,17,18). The quantitative estimate of drug-likeness (QED) is 0.500. The molecule has 1 aliphatic rings. The third-order valence-corrected chi connectivity index (χ3v) is 3.87. The Morgan fingerprint density at radius 2 is 2.10 bits per heavy atom. The molecule has 1 aromatic heterocycles. The van der Waals surface area contributed by atoms with Crippen LogP contribution in [0.25, 0.3) is 0 Å². The molecule has 0 unspecified atom stereocenters. The van der Waals surface area contributed by atoms with Gasteiger partial charge in [-0.1, -0.05) is 12.1 Å². The molecule has 3 N–H and O–H groups in total. The number of hydrogen-bond acceptors (Lipinski definition) is 6. The number of anilines is 1. The molecule has 1 heterocycles. The Bertz CT molecular complexity index is 616. The molecule has 1 aliphatic carbocycles. The van der Waals surface area contributed by atoms with E-state index < -0.39 is 0 Å². The van der Waals surface area contributed by atoms with E-state index in [0.29, 0.717) is 17.6 Å². The molecule has 5 nitrogen and oxygen atoms in total. The first-order valence-electron chi connectivity index (χ1n) is 6.46. The van der Waals surface area contributed by atoms with E-state index in [1.165, 1.54) is 0 Å². The van der Waals surface area contributed by atoms with Crippen LogP contribution in [0.15, 0.2) is 35.2 Å². The monoisotopic (exact) mass is 288 g/mol. The van der Waals surface area contributed by atoms with Gasteiger partial charge in [0.1, 0.15) is 17.4 Å². The number of benzene rings is 1. The topological polar surface area (TPSA) is 73.1 Å². The highest BCUT2D eigenvalue weighted by Crippen LogP contribution is 2.39. The normalized spacial score (nSPS) is 14.1. The molecule has 2 aromatic rings. The van der Waals surface area contributed by atoms with Crippen molar-refractivity contribution in [1.82, 2.24) is 9.97 Å². The number of nitrogens with two attached hydrogens (primary N) is 1. The molecule has 104 valence electrons. The second-order valence-electron chi connectivity index (χ2n) is 4.62. The van der Waals surface area contributed by atoms with E-state index in [1.807, 2.05) is 30.5 Å². The second kappa shape index (κ2) is 5.68. The van der Waals surface area contributed by atoms with Crippen LogP contribution in [0.2, 0.25) is 0 Å². The molecule has 1 aromatic carbocycles. The zero-order valence-electron chi connectivity index (χ0n) is 11.2. The summed E-state index contributed by atoms with van der Waals surface area (Å²) in [5, 5.41) is 0. The summed E-state index contributed by atoms with van der Waals surface area (Å²) in [5.41, 5.74) is 2.57. The minimum absolute atomic E-state index is 0.446. The van der Waals surface area contributed by atoms with Gasteiger partial charge in [-0.05, 0) is 31.2 Å². The Hall–Kier alpha value is -1.79. The number of nitrogen functional groups attached to an aromatic ring is 1. The number of ether oxygens (including phenoxy) is 1. The van der Waals surface area contributed by atoms with Crippen molar-refractivity contribution in [3.8, 4) is 11.6 Å². The van der Waals surface area contributed by atoms with Gasteiger partial charge in [0.15, 0.2) is 0 Å². The minimum atomic E-state index is 0.446. The summed E-state index contributed by atoms with van der Waals surface area (Å²) >= 11 is 1.64. The lowest BCUT2D eigenvalue weighted by molar-refractivity contribution is 0.448. The lowest BCUT2D eigenvalue weighted by Crippen LogP contribution is -2.10. The lowest BCUT2D eigenvalue weighted by atomic mass is 10.3. The summed E-state index contributed by atoms with van der Waals surface area (Å²) in [6, 6.07) is 9.59. The van der Waals surface area contributed by atoms with Gasteiger partial charge in [0.25, 0.3) is 0 Å². The highest BCUT2D eigenvalue weighted by molar-refractivity contribution is 7.98. The molecule has 0 atom stereocenters. The van der Waals surface area contributed by atoms with Crippen LogP contribution in [-0.2, 0) is 0 Å². The Kier molecular flexibility index (Phi) is 3.75. The van der Waals surface area contributed by atoms with Gasteiger partial charge >= 0.3 is 0 Å². The van der Waals surface area contributed by atoms with Crippen molar-refractivity contribution in [1.29, 1.82) is 0 Å². The van der Waals surface area contributed by atoms with Gasteiger partial charge in [0, 0.05) is 16.9 Å². The zero-order chi connectivity index (χ0) is 13.9. The predicted molar refractivity (Wildman–Crippen MR) is 80.1 cm³/mol. The Morgan fingerprint density at radius 1 is 1.30 bits per heavy atom. The average molecular weight is 288 g/mol. The average Bonchev–Trinajstić information content (AvgIpc) is 3.32. The van der Waals surface area contributed by atoms with E-state index in [9.17, 15) is 0 Å². The molecule has 0 aliphatic heterocycles. The number of para-hydroxylation sites is 1. The largest absolute Gasteiger partial charge is 0.438 e. The maximum atomic E-state index is 5.89. The maximum Gasteiger partial charge on any atom is 0.224 e. The van der Waals surface area contributed by atoms with Crippen LogP contribution >= 0.6 is 11.8 Å². The number of hydrogen-bond donors (Lipinski definition) is 2. The fraction of sp³-hybridized carbons (Fsp3) is 0.286. The molecule has 1 fully saturated rings. The number of nitrogens with one attached hydrogen (secondary N) is 1. The van der Waals surface area contributed by atoms with Crippen molar-refractivity contribution in [2.45, 2.75) is 23.7 Å². The van der Waals surface area contributed by atoms with Crippen LogP contribution in [-0.4, -0.2) is 16.2 Å². The van der Waals surface area contributed by atoms with Crippen LogP contribution in [0.4, 0.5) is 5.82 Å². The van der Waals surface area contributed by atoms with Gasteiger partial charge in [0.2, 0.25) is 5.88 Å². The van der Waals surface area contributed by atoms with Gasteiger partial charge in [0.05, 0.1) is 0 Å². The molecule has 3 rings (SSSR count). The molecule has 20 heavy (non-hydrogen) atoms. The van der Waals surface area contributed by atoms with Crippen LogP contribution in [0.3, 0.4) is 0 Å². The van der Waals surface area contributed by atoms with Crippen molar-refractivity contribution < 1.29 is 4.74 Å². The summed E-state index contributed by atoms with van der Waals surface area (Å²) in [6.45, 7) is 0. The molecule has 0 amide bonds. The number of aromatic nitrogens is 2. The molecular formula is C14H16N4OS. The summed E-state index contributed by atoms with van der Waals surface area (Å²) in [4.78, 5) is 9.91. The Morgan fingerprint density at radius 3 is 2.80 bits per heavy atom. The number of rotatable bonds is 5. The molecular weight excluding hydrogens is 272 g/mol. The fourth-order valence-electron chi connectivity index (χ4n) is 1.91. The first-order chi connectivity index (χ1) is 9.80. The van der Waals surface area contributed by atoms with Gasteiger partial charge in [-0.2, -0.15) is 4.98 Å². The molecule has 1 saturated carbocycles. The summed E-state index contributed by atoms with van der Waals surface area (Å²) in [5.74, 6) is 8.61. The maximum absolute atomic E-state index is 5.89. The molecule has 0 spiro atoms. The van der Waals surface area contributed by atoms with E-state index in [4.69, 9.17) is 10.6 Å². The Labute approximate surface area is 121 Å². The number of hydrazine groups is 1. The van der Waals surface area contributed by atoms with Crippen molar-refractivity contribution in [2.24, 2.45) is 5.84 Å². The molecule has 0 radical (unpaired) electrons. The first kappa shape index (κ1) is 13.2. The molecule has 0 saturated heterocycles. The highest BCUT2D eigenvalue weighted by Gasteiger charge is 2.27. The van der Waals surface area contributed by atoms with Crippen molar-refractivity contribution in [2.75, 3.05) is 11.7 Å². The van der Waals surface area contributed by atoms with Crippen LogP contribution in [0.5, 0.6) is 11.6 Å². The lowest BCUT2D eigenvalue weighted by Gasteiger charge is -2.10. The second-order valence-corrected chi connectivity index (χ2v) is 5.47. The first-order valence-corrected chi connectivity index (χ1v) is 7.69. The summed E-state index contributed by atoms with van der Waals surface area (Å²) in [7, 11) is 0. The number of nitrogens with zero attached hydrogens (tertiary/aromatic N) is 2. The van der Waals surface area contributed by atoms with E-state index in [1.54, 1.807) is 17.8 Å². The molecule has 0 bridgehead atoms. The third-order valence-electron chi connectivity index (χ3n) is 3.09. The van der Waals surface area contributed by atoms with Gasteiger partial charge in [-0.15, -0.1) is 11.8 Å². The zero-order valence-corrected chi connectivity index (χ0v) is 12.0. The summed E-state index contributed by atoms with van der Waals surface area (Å²) < 4.78 is 5.89. The summed E-state index contributed by atoms with van der Waals surface area (Å²) in [6.07, 6.45) is 4.29. The SMILES string of the molecule is CSc1ccccc1Oc1cc(NN)nc(C2CC2)n1. The van der Waals surface area contributed by atoms with Gasteiger partial charge in [-0.3, -0.25) is 0 Å². The Balaban J connectivity index is 1.91. The van der Waals surface area contributed by atoms with Crippen LogP contribution in [0.1, 0.15) is 24.6 Å². The van der Waals surface area contributed by atoms with E-state index in [2.05, 4.69) is 15.4 Å². The van der Waals surface area contributed by atoms with Crippen LogP contribution in [0, 0.1) is 0 Å². The minimum Gasteiger partial charge on any atom is -0.438 e. The van der Waals surface area contributed by atoms with E-state index in [0.717, 1.165) is 29.3 Å². The van der Waals surface area contributed by atoms with Gasteiger partial charge < -0.3 is 10.2 Å².